The summed E-state index contributed by atoms with van der Waals surface area (Å²) < 4.78 is 0. The van der Waals surface area contributed by atoms with Crippen molar-refractivity contribution < 1.29 is 5.11 Å². The minimum Gasteiger partial charge on any atom is -0.396 e. The smallest absolute Gasteiger partial charge is 0.0436 e. The van der Waals surface area contributed by atoms with Crippen molar-refractivity contribution in [2.45, 2.75) is 31.6 Å². The predicted molar refractivity (Wildman–Crippen MR) is 69.1 cm³/mol. The zero-order chi connectivity index (χ0) is 11.7. The van der Waals surface area contributed by atoms with Crippen molar-refractivity contribution in [3.8, 4) is 0 Å². The lowest BCUT2D eigenvalue weighted by molar-refractivity contribution is 0.244. The van der Waals surface area contributed by atoms with E-state index in [1.54, 1.807) is 0 Å². The number of hydrogen-bond donors (Lipinski definition) is 2. The highest BCUT2D eigenvalue weighted by molar-refractivity contribution is 5.40. The molecule has 2 aliphatic carbocycles. The number of nitrogens with one attached hydrogen (secondary N) is 1. The SMILES string of the molecule is OCCC1(CNCC2Cc3ccccc32)CC1. The van der Waals surface area contributed by atoms with Gasteiger partial charge in [0.25, 0.3) is 0 Å². The second-order valence-corrected chi connectivity index (χ2v) is 5.70. The van der Waals surface area contributed by atoms with Gasteiger partial charge in [0.15, 0.2) is 0 Å². The minimum absolute atomic E-state index is 0.341. The van der Waals surface area contributed by atoms with Crippen LogP contribution in [0.15, 0.2) is 24.3 Å². The van der Waals surface area contributed by atoms with Crippen LogP contribution in [-0.2, 0) is 6.42 Å². The first-order chi connectivity index (χ1) is 8.33. The molecule has 0 spiro atoms. The van der Waals surface area contributed by atoms with E-state index in [1.807, 2.05) is 0 Å². The van der Waals surface area contributed by atoms with E-state index in [4.69, 9.17) is 5.11 Å². The Morgan fingerprint density at radius 3 is 2.82 bits per heavy atom. The van der Waals surface area contributed by atoms with E-state index in [0.29, 0.717) is 12.0 Å². The zero-order valence-corrected chi connectivity index (χ0v) is 10.3. The molecule has 0 saturated heterocycles. The molecule has 0 heterocycles. The number of aliphatic hydroxyl groups is 1. The zero-order valence-electron chi connectivity index (χ0n) is 10.3. The van der Waals surface area contributed by atoms with Crippen LogP contribution in [0.2, 0.25) is 0 Å². The molecule has 2 N–H and O–H groups in total. The molecular weight excluding hydrogens is 210 g/mol. The van der Waals surface area contributed by atoms with E-state index in [2.05, 4.69) is 29.6 Å². The average Bonchev–Trinajstić information content (AvgIpc) is 3.06. The Labute approximate surface area is 103 Å². The van der Waals surface area contributed by atoms with Crippen molar-refractivity contribution in [3.63, 3.8) is 0 Å². The summed E-state index contributed by atoms with van der Waals surface area (Å²) in [5.41, 5.74) is 3.50. The fourth-order valence-corrected chi connectivity index (χ4v) is 2.99. The van der Waals surface area contributed by atoms with E-state index in [0.717, 1.165) is 25.4 Å². The third-order valence-corrected chi connectivity index (χ3v) is 4.45. The van der Waals surface area contributed by atoms with Crippen molar-refractivity contribution in [2.24, 2.45) is 5.41 Å². The topological polar surface area (TPSA) is 32.3 Å². The molecular formula is C15H21NO. The Bertz CT molecular complexity index is 398. The van der Waals surface area contributed by atoms with Crippen LogP contribution in [0.3, 0.4) is 0 Å². The maximum absolute atomic E-state index is 9.01. The van der Waals surface area contributed by atoms with Gasteiger partial charge in [-0.2, -0.15) is 0 Å². The minimum atomic E-state index is 0.341. The summed E-state index contributed by atoms with van der Waals surface area (Å²) in [6.07, 6.45) is 4.79. The molecule has 2 nitrogen and oxygen atoms in total. The third-order valence-electron chi connectivity index (χ3n) is 4.45. The lowest BCUT2D eigenvalue weighted by atomic mass is 9.77. The molecule has 3 rings (SSSR count). The van der Waals surface area contributed by atoms with E-state index in [-0.39, 0.29) is 0 Å². The fraction of sp³-hybridized carbons (Fsp3) is 0.600. The Hall–Kier alpha value is -0.860. The summed E-state index contributed by atoms with van der Waals surface area (Å²) in [7, 11) is 0. The summed E-state index contributed by atoms with van der Waals surface area (Å²) in [5.74, 6) is 0.719. The number of fused-ring (bicyclic) bond motifs is 1. The van der Waals surface area contributed by atoms with Crippen LogP contribution >= 0.6 is 0 Å². The summed E-state index contributed by atoms with van der Waals surface area (Å²) in [5, 5.41) is 12.6. The lowest BCUT2D eigenvalue weighted by Crippen LogP contribution is -2.33. The van der Waals surface area contributed by atoms with E-state index < -0.39 is 0 Å². The molecule has 0 bridgehead atoms. The Balaban J connectivity index is 1.45. The molecule has 1 aromatic rings. The van der Waals surface area contributed by atoms with Gasteiger partial charge in [-0.3, -0.25) is 0 Å². The van der Waals surface area contributed by atoms with Gasteiger partial charge in [-0.05, 0) is 42.2 Å². The molecule has 1 fully saturated rings. The van der Waals surface area contributed by atoms with Crippen LogP contribution in [-0.4, -0.2) is 24.8 Å². The van der Waals surface area contributed by atoms with Gasteiger partial charge in [0.1, 0.15) is 0 Å². The predicted octanol–water partition coefficient (Wildman–Crippen LogP) is 2.08. The first-order valence-electron chi connectivity index (χ1n) is 6.72. The van der Waals surface area contributed by atoms with Gasteiger partial charge in [-0.1, -0.05) is 24.3 Å². The van der Waals surface area contributed by atoms with Crippen molar-refractivity contribution in [1.29, 1.82) is 0 Å². The average molecular weight is 231 g/mol. The second kappa shape index (κ2) is 4.43. The van der Waals surface area contributed by atoms with Gasteiger partial charge in [0.2, 0.25) is 0 Å². The molecule has 2 aliphatic rings. The van der Waals surface area contributed by atoms with Crippen molar-refractivity contribution in [2.75, 3.05) is 19.7 Å². The normalized spacial score (nSPS) is 23.9. The first-order valence-corrected chi connectivity index (χ1v) is 6.72. The molecule has 1 atom stereocenters. The van der Waals surface area contributed by atoms with Gasteiger partial charge >= 0.3 is 0 Å². The molecule has 0 aliphatic heterocycles. The highest BCUT2D eigenvalue weighted by atomic mass is 16.3. The maximum atomic E-state index is 9.01. The Morgan fingerprint density at radius 1 is 1.29 bits per heavy atom. The number of rotatable bonds is 6. The molecule has 2 heteroatoms. The van der Waals surface area contributed by atoms with Crippen LogP contribution < -0.4 is 5.32 Å². The highest BCUT2D eigenvalue weighted by Crippen LogP contribution is 2.48. The molecule has 1 saturated carbocycles. The van der Waals surface area contributed by atoms with E-state index in [9.17, 15) is 0 Å². The summed E-state index contributed by atoms with van der Waals surface area (Å²) >= 11 is 0. The molecule has 92 valence electrons. The van der Waals surface area contributed by atoms with Gasteiger partial charge in [-0.15, -0.1) is 0 Å². The molecule has 1 unspecified atom stereocenters. The van der Waals surface area contributed by atoms with E-state index >= 15 is 0 Å². The Kier molecular flexibility index (Phi) is 2.93. The molecule has 0 amide bonds. The van der Waals surface area contributed by atoms with Crippen molar-refractivity contribution >= 4 is 0 Å². The summed E-state index contributed by atoms with van der Waals surface area (Å²) in [6.45, 7) is 2.53. The fourth-order valence-electron chi connectivity index (χ4n) is 2.99. The third kappa shape index (κ3) is 2.24. The molecule has 0 aromatic heterocycles. The van der Waals surface area contributed by atoms with Gasteiger partial charge < -0.3 is 10.4 Å². The van der Waals surface area contributed by atoms with Gasteiger partial charge in [0.05, 0.1) is 0 Å². The van der Waals surface area contributed by atoms with Crippen LogP contribution in [0.4, 0.5) is 0 Å². The summed E-state index contributed by atoms with van der Waals surface area (Å²) in [6, 6.07) is 8.76. The van der Waals surface area contributed by atoms with Crippen LogP contribution in [0, 0.1) is 5.41 Å². The van der Waals surface area contributed by atoms with Gasteiger partial charge in [-0.25, -0.2) is 0 Å². The maximum Gasteiger partial charge on any atom is 0.0436 e. The number of aliphatic hydroxyl groups excluding tert-OH is 1. The standard InChI is InChI=1S/C15H21NO/c17-8-7-15(5-6-15)11-16-10-13-9-12-3-1-2-4-14(12)13/h1-4,13,16-17H,5-11H2. The second-order valence-electron chi connectivity index (χ2n) is 5.70. The van der Waals surface area contributed by atoms with Crippen LogP contribution in [0.25, 0.3) is 0 Å². The lowest BCUT2D eigenvalue weighted by Gasteiger charge is -2.31. The first kappa shape index (κ1) is 11.2. The largest absolute Gasteiger partial charge is 0.396 e. The summed E-state index contributed by atoms with van der Waals surface area (Å²) in [4.78, 5) is 0. The quantitative estimate of drug-likeness (QED) is 0.785. The number of benzene rings is 1. The van der Waals surface area contributed by atoms with Crippen LogP contribution in [0.1, 0.15) is 36.3 Å². The highest BCUT2D eigenvalue weighted by Gasteiger charge is 2.41. The van der Waals surface area contributed by atoms with Crippen molar-refractivity contribution in [1.82, 2.24) is 5.32 Å². The molecule has 0 radical (unpaired) electrons. The van der Waals surface area contributed by atoms with Crippen molar-refractivity contribution in [3.05, 3.63) is 35.4 Å². The van der Waals surface area contributed by atoms with E-state index in [1.165, 1.54) is 30.4 Å². The molecule has 1 aromatic carbocycles. The monoisotopic (exact) mass is 231 g/mol. The number of hydrogen-bond acceptors (Lipinski definition) is 2. The Morgan fingerprint density at radius 2 is 2.12 bits per heavy atom. The molecule has 17 heavy (non-hydrogen) atoms. The van der Waals surface area contributed by atoms with Crippen LogP contribution in [0.5, 0.6) is 0 Å². The van der Waals surface area contributed by atoms with Gasteiger partial charge in [0, 0.05) is 25.6 Å².